The first-order valence-electron chi connectivity index (χ1n) is 12.0. The number of fused-ring (bicyclic) bond motifs is 1. The van der Waals surface area contributed by atoms with Gasteiger partial charge in [0.2, 0.25) is 15.5 Å². The fraction of sp³-hybridized carbons (Fsp3) is 0.600. The molecule has 1 saturated carbocycles. The normalized spacial score (nSPS) is 25.3. The summed E-state index contributed by atoms with van der Waals surface area (Å²) in [7, 11) is -1.92. The van der Waals surface area contributed by atoms with Crippen LogP contribution in [0.5, 0.6) is 0 Å². The van der Waals surface area contributed by atoms with Gasteiger partial charge in [0.25, 0.3) is 5.91 Å². The predicted octanol–water partition coefficient (Wildman–Crippen LogP) is 3.51. The number of hydrogen-bond acceptors (Lipinski definition) is 4. The van der Waals surface area contributed by atoms with E-state index in [9.17, 15) is 18.0 Å². The molecule has 3 unspecified atom stereocenters. The average molecular weight is 474 g/mol. The number of nitrogens with zero attached hydrogens (tertiary/aromatic N) is 2. The maximum absolute atomic E-state index is 13.3. The Bertz CT molecular complexity index is 1210. The number of benzene rings is 1. The highest BCUT2D eigenvalue weighted by Gasteiger charge is 2.30. The van der Waals surface area contributed by atoms with Gasteiger partial charge in [-0.05, 0) is 55.2 Å². The predicted molar refractivity (Wildman–Crippen MR) is 130 cm³/mol. The third-order valence-electron chi connectivity index (χ3n) is 7.81. The van der Waals surface area contributed by atoms with E-state index >= 15 is 0 Å². The summed E-state index contributed by atoms with van der Waals surface area (Å²) in [6.45, 7) is 7.44. The number of piperidine rings is 1. The minimum absolute atomic E-state index is 0.0369. The molecular weight excluding hydrogens is 438 g/mol. The van der Waals surface area contributed by atoms with Gasteiger partial charge in [-0.2, -0.15) is 4.31 Å². The van der Waals surface area contributed by atoms with E-state index < -0.39 is 15.5 Å². The number of amides is 1. The Labute approximate surface area is 196 Å². The van der Waals surface area contributed by atoms with Crippen molar-refractivity contribution in [3.05, 3.63) is 40.2 Å². The van der Waals surface area contributed by atoms with E-state index in [1.165, 1.54) is 10.4 Å². The van der Waals surface area contributed by atoms with Crippen LogP contribution in [0.2, 0.25) is 0 Å². The first-order valence-corrected chi connectivity index (χ1v) is 13.5. The number of sulfonamides is 1. The highest BCUT2D eigenvalue weighted by atomic mass is 32.2. The van der Waals surface area contributed by atoms with Crippen molar-refractivity contribution in [1.29, 1.82) is 0 Å². The van der Waals surface area contributed by atoms with Gasteiger partial charge in [0.15, 0.2) is 0 Å². The van der Waals surface area contributed by atoms with Crippen LogP contribution in [-0.4, -0.2) is 42.3 Å². The number of hydrogen-bond donors (Lipinski definition) is 1. The lowest BCUT2D eigenvalue weighted by Gasteiger charge is -2.34. The number of aromatic nitrogens is 1. The van der Waals surface area contributed by atoms with Crippen molar-refractivity contribution in [2.45, 2.75) is 63.8 Å². The van der Waals surface area contributed by atoms with Crippen LogP contribution in [0.4, 0.5) is 0 Å². The first kappa shape index (κ1) is 24.0. The molecule has 33 heavy (non-hydrogen) atoms. The molecule has 7 nitrogen and oxygen atoms in total. The van der Waals surface area contributed by atoms with E-state index in [4.69, 9.17) is 0 Å². The summed E-state index contributed by atoms with van der Waals surface area (Å²) < 4.78 is 29.7. The molecule has 2 aliphatic rings. The molecule has 3 atom stereocenters. The second-order valence-corrected chi connectivity index (χ2v) is 12.0. The highest BCUT2D eigenvalue weighted by molar-refractivity contribution is 7.89. The van der Waals surface area contributed by atoms with Gasteiger partial charge in [-0.25, -0.2) is 8.42 Å². The molecule has 2 aromatic rings. The number of rotatable bonds is 4. The van der Waals surface area contributed by atoms with Gasteiger partial charge in [-0.15, -0.1) is 0 Å². The first-order chi connectivity index (χ1) is 15.6. The highest BCUT2D eigenvalue weighted by Crippen LogP contribution is 2.30. The topological polar surface area (TPSA) is 88.5 Å². The van der Waals surface area contributed by atoms with Crippen LogP contribution in [0.3, 0.4) is 0 Å². The monoisotopic (exact) mass is 473 g/mol. The number of carbonyl (C=O) groups is 1. The number of aryl methyl sites for hydroxylation is 1. The summed E-state index contributed by atoms with van der Waals surface area (Å²) >= 11 is 0. The Kier molecular flexibility index (Phi) is 6.69. The molecular formula is C25H35N3O4S. The molecule has 1 aromatic carbocycles. The molecule has 0 radical (unpaired) electrons. The van der Waals surface area contributed by atoms with Gasteiger partial charge < -0.3 is 9.88 Å². The Hall–Kier alpha value is -2.19. The molecule has 180 valence electrons. The van der Waals surface area contributed by atoms with E-state index in [-0.39, 0.29) is 27.8 Å². The van der Waals surface area contributed by atoms with Crippen LogP contribution in [0.1, 0.15) is 63.2 Å². The summed E-state index contributed by atoms with van der Waals surface area (Å²) in [6, 6.07) is 4.69. The second-order valence-electron chi connectivity index (χ2n) is 10.1. The van der Waals surface area contributed by atoms with Gasteiger partial charge in [-0.3, -0.25) is 9.59 Å². The van der Waals surface area contributed by atoms with Crippen LogP contribution in [0.25, 0.3) is 10.9 Å². The largest absolute Gasteiger partial charge is 0.350 e. The van der Waals surface area contributed by atoms with Crippen molar-refractivity contribution in [2.75, 3.05) is 13.1 Å². The Balaban J connectivity index is 1.68. The van der Waals surface area contributed by atoms with E-state index in [0.29, 0.717) is 36.4 Å². The lowest BCUT2D eigenvalue weighted by atomic mass is 9.78. The van der Waals surface area contributed by atoms with Crippen LogP contribution < -0.4 is 10.7 Å². The molecule has 1 amide bonds. The zero-order chi connectivity index (χ0) is 23.9. The van der Waals surface area contributed by atoms with Crippen LogP contribution in [0.15, 0.2) is 34.1 Å². The van der Waals surface area contributed by atoms with Crippen LogP contribution in [0, 0.1) is 17.8 Å². The standard InChI is InChI=1S/C25H35N3O4S/c1-16-10-12-28(13-11-16)33(31,32)19-8-9-23-20(14-19)24(29)21(15-27(23)4)25(30)26-22-7-5-6-17(2)18(22)3/h8-9,14-18,22H,5-7,10-13H2,1-4H3,(H,26,30). The zero-order valence-electron chi connectivity index (χ0n) is 20.0. The van der Waals surface area contributed by atoms with Crippen LogP contribution in [-0.2, 0) is 17.1 Å². The van der Waals surface area contributed by atoms with E-state index in [1.807, 2.05) is 0 Å². The minimum atomic E-state index is -3.69. The maximum Gasteiger partial charge on any atom is 0.256 e. The number of carbonyl (C=O) groups excluding carboxylic acids is 1. The third kappa shape index (κ3) is 4.60. The summed E-state index contributed by atoms with van der Waals surface area (Å²) in [6.07, 6.45) is 6.33. The molecule has 1 aliphatic carbocycles. The average Bonchev–Trinajstić information content (AvgIpc) is 2.79. The molecule has 1 saturated heterocycles. The summed E-state index contributed by atoms with van der Waals surface area (Å²) in [5, 5.41) is 3.32. The zero-order valence-corrected chi connectivity index (χ0v) is 20.8. The van der Waals surface area contributed by atoms with Crippen molar-refractivity contribution >= 4 is 26.8 Å². The third-order valence-corrected chi connectivity index (χ3v) is 9.70. The second kappa shape index (κ2) is 9.22. The molecule has 4 rings (SSSR count). The molecule has 1 aliphatic heterocycles. The lowest BCUT2D eigenvalue weighted by molar-refractivity contribution is 0.0889. The van der Waals surface area contributed by atoms with Gasteiger partial charge >= 0.3 is 0 Å². The molecule has 0 bridgehead atoms. The van der Waals surface area contributed by atoms with Crippen LogP contribution >= 0.6 is 0 Å². The Morgan fingerprint density at radius 1 is 1.06 bits per heavy atom. The van der Waals surface area contributed by atoms with Gasteiger partial charge in [0.1, 0.15) is 5.56 Å². The quantitative estimate of drug-likeness (QED) is 0.736. The van der Waals surface area contributed by atoms with Crippen molar-refractivity contribution in [3.8, 4) is 0 Å². The van der Waals surface area contributed by atoms with Crippen molar-refractivity contribution in [3.63, 3.8) is 0 Å². The summed E-state index contributed by atoms with van der Waals surface area (Å²) in [5.74, 6) is 0.989. The van der Waals surface area contributed by atoms with Gasteiger partial charge in [0, 0.05) is 37.8 Å². The molecule has 2 fully saturated rings. The molecule has 8 heteroatoms. The molecule has 0 spiro atoms. The number of nitrogens with one attached hydrogen (secondary N) is 1. The molecule has 1 aromatic heterocycles. The molecule has 1 N–H and O–H groups in total. The smallest absolute Gasteiger partial charge is 0.256 e. The van der Waals surface area contributed by atoms with Crippen molar-refractivity contribution in [2.24, 2.45) is 24.8 Å². The van der Waals surface area contributed by atoms with Crippen molar-refractivity contribution in [1.82, 2.24) is 14.2 Å². The lowest BCUT2D eigenvalue weighted by Crippen LogP contribution is -2.45. The fourth-order valence-corrected chi connectivity index (χ4v) is 6.70. The summed E-state index contributed by atoms with van der Waals surface area (Å²) in [5.41, 5.74) is 0.223. The molecule has 2 heterocycles. The van der Waals surface area contributed by atoms with E-state index in [2.05, 4.69) is 26.1 Å². The van der Waals surface area contributed by atoms with Gasteiger partial charge in [0.05, 0.1) is 10.4 Å². The van der Waals surface area contributed by atoms with E-state index in [1.54, 1.807) is 29.9 Å². The van der Waals surface area contributed by atoms with E-state index in [0.717, 1.165) is 32.1 Å². The maximum atomic E-state index is 13.3. The number of pyridine rings is 1. The van der Waals surface area contributed by atoms with Crippen molar-refractivity contribution < 1.29 is 13.2 Å². The Morgan fingerprint density at radius 2 is 1.76 bits per heavy atom. The SMILES string of the molecule is CC1CCN(S(=O)(=O)c2ccc3c(c2)c(=O)c(C(=O)NC2CCCC(C)C2C)cn3C)CC1. The Morgan fingerprint density at radius 3 is 2.45 bits per heavy atom. The summed E-state index contributed by atoms with van der Waals surface area (Å²) in [4.78, 5) is 26.5. The minimum Gasteiger partial charge on any atom is -0.350 e. The fourth-order valence-electron chi connectivity index (χ4n) is 5.20. The van der Waals surface area contributed by atoms with Gasteiger partial charge in [-0.1, -0.05) is 33.6 Å².